The van der Waals surface area contributed by atoms with Gasteiger partial charge in [0, 0.05) is 12.2 Å². The van der Waals surface area contributed by atoms with Crippen LogP contribution in [-0.2, 0) is 12.7 Å². The molecule has 0 aliphatic heterocycles. The van der Waals surface area contributed by atoms with E-state index in [1.54, 1.807) is 0 Å². The van der Waals surface area contributed by atoms with Crippen LogP contribution in [0.2, 0.25) is 0 Å². The van der Waals surface area contributed by atoms with E-state index in [0.717, 1.165) is 23.3 Å². The number of anilines is 3. The highest BCUT2D eigenvalue weighted by atomic mass is 19.4. The molecule has 0 atom stereocenters. The average Bonchev–Trinajstić information content (AvgIpc) is 2.61. The molecular weight excluding hydrogens is 343 g/mol. The Morgan fingerprint density at radius 1 is 1.04 bits per heavy atom. The summed E-state index contributed by atoms with van der Waals surface area (Å²) in [5.41, 5.74) is 1.74. The van der Waals surface area contributed by atoms with Crippen molar-refractivity contribution in [1.29, 1.82) is 0 Å². The number of rotatable bonds is 5. The van der Waals surface area contributed by atoms with Gasteiger partial charge >= 0.3 is 6.18 Å². The molecule has 0 amide bonds. The van der Waals surface area contributed by atoms with Crippen LogP contribution in [0.1, 0.15) is 16.7 Å². The molecule has 134 valence electrons. The second kappa shape index (κ2) is 7.38. The van der Waals surface area contributed by atoms with Gasteiger partial charge in [-0.3, -0.25) is 0 Å². The molecule has 0 saturated carbocycles. The summed E-state index contributed by atoms with van der Waals surface area (Å²) in [6.45, 7) is 2.56. The third-order valence-corrected chi connectivity index (χ3v) is 3.73. The van der Waals surface area contributed by atoms with Crippen LogP contribution in [0.15, 0.2) is 54.7 Å². The lowest BCUT2D eigenvalue weighted by Gasteiger charge is -2.11. The zero-order chi connectivity index (χ0) is 18.6. The van der Waals surface area contributed by atoms with Gasteiger partial charge in [-0.25, -0.2) is 0 Å². The molecule has 0 aliphatic carbocycles. The van der Waals surface area contributed by atoms with Gasteiger partial charge in [-0.2, -0.15) is 23.3 Å². The molecule has 0 unspecified atom stereocenters. The summed E-state index contributed by atoms with van der Waals surface area (Å²) in [7, 11) is 0. The summed E-state index contributed by atoms with van der Waals surface area (Å²) >= 11 is 0. The molecule has 0 radical (unpaired) electrons. The van der Waals surface area contributed by atoms with E-state index in [1.807, 2.05) is 31.2 Å². The molecule has 3 aromatic rings. The van der Waals surface area contributed by atoms with E-state index in [0.29, 0.717) is 12.4 Å². The van der Waals surface area contributed by atoms with E-state index in [1.165, 1.54) is 18.3 Å². The Balaban J connectivity index is 1.71. The molecule has 0 bridgehead atoms. The predicted molar refractivity (Wildman–Crippen MR) is 93.1 cm³/mol. The van der Waals surface area contributed by atoms with Crippen LogP contribution in [0.5, 0.6) is 0 Å². The number of benzene rings is 2. The van der Waals surface area contributed by atoms with Gasteiger partial charge in [0.2, 0.25) is 5.95 Å². The number of halogens is 3. The predicted octanol–water partition coefficient (Wildman–Crippen LogP) is 4.55. The van der Waals surface area contributed by atoms with E-state index in [9.17, 15) is 13.2 Å². The summed E-state index contributed by atoms with van der Waals surface area (Å²) in [5, 5.41) is 13.5. The molecule has 8 heteroatoms. The van der Waals surface area contributed by atoms with E-state index in [4.69, 9.17) is 0 Å². The molecule has 0 spiro atoms. The number of aromatic nitrogens is 3. The minimum Gasteiger partial charge on any atom is -0.365 e. The molecule has 0 fully saturated rings. The molecule has 1 aromatic heterocycles. The zero-order valence-electron chi connectivity index (χ0n) is 13.9. The average molecular weight is 359 g/mol. The maximum atomic E-state index is 12.8. The van der Waals surface area contributed by atoms with Crippen LogP contribution in [0.4, 0.5) is 30.6 Å². The molecule has 2 aromatic carbocycles. The SMILES string of the molecule is Cc1ccccc1CNc1cnnc(Nc2cccc(C(F)(F)F)c2)n1. The van der Waals surface area contributed by atoms with Gasteiger partial charge in [-0.05, 0) is 36.2 Å². The van der Waals surface area contributed by atoms with Gasteiger partial charge in [-0.1, -0.05) is 30.3 Å². The van der Waals surface area contributed by atoms with Crippen LogP contribution in [0.25, 0.3) is 0 Å². The highest BCUT2D eigenvalue weighted by Gasteiger charge is 2.30. The van der Waals surface area contributed by atoms with Crippen molar-refractivity contribution in [3.05, 3.63) is 71.4 Å². The van der Waals surface area contributed by atoms with Crippen LogP contribution in [-0.4, -0.2) is 15.2 Å². The third kappa shape index (κ3) is 4.47. The monoisotopic (exact) mass is 359 g/mol. The van der Waals surface area contributed by atoms with Crippen molar-refractivity contribution < 1.29 is 13.2 Å². The van der Waals surface area contributed by atoms with E-state index >= 15 is 0 Å². The molecular formula is C18H16F3N5. The highest BCUT2D eigenvalue weighted by Crippen LogP contribution is 2.31. The van der Waals surface area contributed by atoms with Crippen LogP contribution < -0.4 is 10.6 Å². The second-order valence-electron chi connectivity index (χ2n) is 5.65. The van der Waals surface area contributed by atoms with Crippen molar-refractivity contribution in [2.75, 3.05) is 10.6 Å². The standard InChI is InChI=1S/C18H16F3N5/c1-12-5-2-3-6-13(12)10-22-16-11-23-26-17(25-16)24-15-8-4-7-14(9-15)18(19,20)21/h2-9,11H,10H2,1H3,(H2,22,24,25,26). The van der Waals surface area contributed by atoms with Gasteiger partial charge in [0.15, 0.2) is 5.82 Å². The molecule has 1 heterocycles. The van der Waals surface area contributed by atoms with Crippen LogP contribution >= 0.6 is 0 Å². The molecule has 0 saturated heterocycles. The third-order valence-electron chi connectivity index (χ3n) is 3.73. The maximum Gasteiger partial charge on any atom is 0.416 e. The first-order valence-electron chi connectivity index (χ1n) is 7.84. The Morgan fingerprint density at radius 2 is 1.85 bits per heavy atom. The van der Waals surface area contributed by atoms with Crippen molar-refractivity contribution in [3.63, 3.8) is 0 Å². The van der Waals surface area contributed by atoms with Crippen LogP contribution in [0.3, 0.4) is 0 Å². The first-order valence-corrected chi connectivity index (χ1v) is 7.84. The molecule has 0 aliphatic rings. The minimum atomic E-state index is -4.41. The summed E-state index contributed by atoms with van der Waals surface area (Å²) in [6.07, 6.45) is -2.96. The minimum absolute atomic E-state index is 0.110. The Labute approximate surface area is 148 Å². The number of alkyl halides is 3. The molecule has 5 nitrogen and oxygen atoms in total. The second-order valence-corrected chi connectivity index (χ2v) is 5.65. The fourth-order valence-electron chi connectivity index (χ4n) is 2.34. The van der Waals surface area contributed by atoms with E-state index in [-0.39, 0.29) is 11.6 Å². The first kappa shape index (κ1) is 17.7. The normalized spacial score (nSPS) is 11.2. The Bertz CT molecular complexity index is 896. The smallest absolute Gasteiger partial charge is 0.365 e. The quantitative estimate of drug-likeness (QED) is 0.699. The summed E-state index contributed by atoms with van der Waals surface area (Å²) in [5.74, 6) is 0.580. The Morgan fingerprint density at radius 3 is 2.62 bits per heavy atom. The Hall–Kier alpha value is -3.16. The fraction of sp³-hybridized carbons (Fsp3) is 0.167. The summed E-state index contributed by atoms with van der Waals surface area (Å²) in [6, 6.07) is 12.7. The van der Waals surface area contributed by atoms with Gasteiger partial charge < -0.3 is 10.6 Å². The lowest BCUT2D eigenvalue weighted by Crippen LogP contribution is -2.07. The van der Waals surface area contributed by atoms with Crippen molar-refractivity contribution in [2.45, 2.75) is 19.6 Å². The van der Waals surface area contributed by atoms with Gasteiger partial charge in [-0.15, -0.1) is 5.10 Å². The first-order chi connectivity index (χ1) is 12.4. The van der Waals surface area contributed by atoms with Crippen LogP contribution in [0, 0.1) is 6.92 Å². The number of hydrogen-bond acceptors (Lipinski definition) is 5. The number of nitrogens with one attached hydrogen (secondary N) is 2. The van der Waals surface area contributed by atoms with Crippen molar-refractivity contribution in [2.24, 2.45) is 0 Å². The van der Waals surface area contributed by atoms with E-state index in [2.05, 4.69) is 25.8 Å². The molecule has 3 rings (SSSR count). The highest BCUT2D eigenvalue weighted by molar-refractivity contribution is 5.55. The maximum absolute atomic E-state index is 12.8. The van der Waals surface area contributed by atoms with E-state index < -0.39 is 11.7 Å². The number of nitrogens with zero attached hydrogens (tertiary/aromatic N) is 3. The van der Waals surface area contributed by atoms with Crippen molar-refractivity contribution >= 4 is 17.5 Å². The lowest BCUT2D eigenvalue weighted by molar-refractivity contribution is -0.137. The van der Waals surface area contributed by atoms with Gasteiger partial charge in [0.05, 0.1) is 11.8 Å². The molecule has 26 heavy (non-hydrogen) atoms. The largest absolute Gasteiger partial charge is 0.416 e. The van der Waals surface area contributed by atoms with Gasteiger partial charge in [0.25, 0.3) is 0 Å². The summed E-state index contributed by atoms with van der Waals surface area (Å²) in [4.78, 5) is 4.23. The Kier molecular flexibility index (Phi) is 5.01. The topological polar surface area (TPSA) is 62.7 Å². The van der Waals surface area contributed by atoms with Gasteiger partial charge in [0.1, 0.15) is 0 Å². The zero-order valence-corrected chi connectivity index (χ0v) is 13.9. The van der Waals surface area contributed by atoms with Crippen molar-refractivity contribution in [1.82, 2.24) is 15.2 Å². The number of aryl methyl sites for hydroxylation is 1. The fourth-order valence-corrected chi connectivity index (χ4v) is 2.34. The summed E-state index contributed by atoms with van der Waals surface area (Å²) < 4.78 is 38.4. The number of hydrogen-bond donors (Lipinski definition) is 2. The molecule has 2 N–H and O–H groups in total. The van der Waals surface area contributed by atoms with Crippen molar-refractivity contribution in [3.8, 4) is 0 Å². The lowest BCUT2D eigenvalue weighted by atomic mass is 10.1.